The standard InChI is InChI=1S/C25H26ClN5O3/c26-20-6-2-8-22(15-20)30-10-12-31(13-11-30)23(32)17-28-24(33)18-4-1-7-21(14-18)29-25(34)19-5-3-9-27-16-19/h1,3-5,7-9,14-16H,2,6,10-13,17H2,(H,28,33)(H,29,34). The Hall–Kier alpha value is -3.65. The lowest BCUT2D eigenvalue weighted by Gasteiger charge is -2.37. The van der Waals surface area contributed by atoms with Crippen molar-refractivity contribution in [2.45, 2.75) is 12.8 Å². The smallest absolute Gasteiger partial charge is 0.257 e. The average molecular weight is 480 g/mol. The van der Waals surface area contributed by atoms with E-state index < -0.39 is 0 Å². The molecule has 8 nitrogen and oxygen atoms in total. The van der Waals surface area contributed by atoms with Gasteiger partial charge >= 0.3 is 0 Å². The second-order valence-electron chi connectivity index (χ2n) is 8.09. The van der Waals surface area contributed by atoms with Gasteiger partial charge in [0.05, 0.1) is 12.1 Å². The number of piperazine rings is 1. The van der Waals surface area contributed by atoms with E-state index in [1.807, 2.05) is 6.08 Å². The van der Waals surface area contributed by atoms with Crippen molar-refractivity contribution < 1.29 is 14.4 Å². The van der Waals surface area contributed by atoms with E-state index in [1.54, 1.807) is 47.5 Å². The number of nitrogens with zero attached hydrogens (tertiary/aromatic N) is 3. The van der Waals surface area contributed by atoms with Crippen LogP contribution in [0.25, 0.3) is 0 Å². The number of carbonyl (C=O) groups is 3. The molecule has 3 amide bonds. The number of rotatable bonds is 6. The Morgan fingerprint density at radius 1 is 1.00 bits per heavy atom. The lowest BCUT2D eigenvalue weighted by atomic mass is 10.1. The molecule has 1 aromatic heterocycles. The van der Waals surface area contributed by atoms with E-state index >= 15 is 0 Å². The number of pyridine rings is 1. The van der Waals surface area contributed by atoms with Crippen LogP contribution in [0.1, 0.15) is 33.6 Å². The number of hydrogen-bond donors (Lipinski definition) is 2. The van der Waals surface area contributed by atoms with Crippen molar-refractivity contribution in [1.82, 2.24) is 20.1 Å². The van der Waals surface area contributed by atoms with Crippen molar-refractivity contribution in [3.63, 3.8) is 0 Å². The van der Waals surface area contributed by atoms with Gasteiger partial charge < -0.3 is 20.4 Å². The molecule has 34 heavy (non-hydrogen) atoms. The SMILES string of the molecule is O=C(NCC(=O)N1CCN(C2=CCCC(Cl)=C2)CC1)c1cccc(NC(=O)c2cccnc2)c1. The van der Waals surface area contributed by atoms with Gasteiger partial charge in [-0.2, -0.15) is 0 Å². The maximum Gasteiger partial charge on any atom is 0.257 e. The van der Waals surface area contributed by atoms with Crippen LogP contribution in [-0.2, 0) is 4.79 Å². The van der Waals surface area contributed by atoms with Gasteiger partial charge in [-0.1, -0.05) is 23.7 Å². The molecule has 0 bridgehead atoms. The van der Waals surface area contributed by atoms with Crippen LogP contribution in [0.15, 0.2) is 71.7 Å². The summed E-state index contributed by atoms with van der Waals surface area (Å²) in [5.74, 6) is -0.821. The van der Waals surface area contributed by atoms with Gasteiger partial charge in [0.25, 0.3) is 11.8 Å². The molecule has 1 fully saturated rings. The number of anilines is 1. The highest BCUT2D eigenvalue weighted by atomic mass is 35.5. The predicted molar refractivity (Wildman–Crippen MR) is 130 cm³/mol. The minimum absolute atomic E-state index is 0.0838. The molecule has 2 N–H and O–H groups in total. The minimum atomic E-state index is -0.378. The first-order valence-electron chi connectivity index (χ1n) is 11.2. The third kappa shape index (κ3) is 6.02. The Kier molecular flexibility index (Phi) is 7.59. The molecule has 0 radical (unpaired) electrons. The van der Waals surface area contributed by atoms with Crippen molar-refractivity contribution >= 4 is 35.0 Å². The first-order valence-corrected chi connectivity index (χ1v) is 11.6. The van der Waals surface area contributed by atoms with E-state index in [-0.39, 0.29) is 24.3 Å². The van der Waals surface area contributed by atoms with E-state index in [0.29, 0.717) is 29.9 Å². The van der Waals surface area contributed by atoms with Crippen molar-refractivity contribution in [3.8, 4) is 0 Å². The second kappa shape index (κ2) is 11.0. The normalized spacial score (nSPS) is 15.8. The molecule has 2 aliphatic rings. The molecule has 1 aliphatic carbocycles. The molecule has 0 saturated carbocycles. The molecular formula is C25H26ClN5O3. The Morgan fingerprint density at radius 3 is 2.53 bits per heavy atom. The fourth-order valence-electron chi connectivity index (χ4n) is 3.89. The highest BCUT2D eigenvalue weighted by Crippen LogP contribution is 2.23. The summed E-state index contributed by atoms with van der Waals surface area (Å²) < 4.78 is 0. The van der Waals surface area contributed by atoms with E-state index in [4.69, 9.17) is 11.6 Å². The molecule has 2 aromatic rings. The Labute approximate surface area is 203 Å². The zero-order valence-electron chi connectivity index (χ0n) is 18.7. The Balaban J connectivity index is 1.26. The van der Waals surface area contributed by atoms with Crippen molar-refractivity contribution in [2.75, 3.05) is 38.0 Å². The topological polar surface area (TPSA) is 94.6 Å². The van der Waals surface area contributed by atoms with Crippen LogP contribution in [-0.4, -0.2) is 65.2 Å². The van der Waals surface area contributed by atoms with E-state index in [9.17, 15) is 14.4 Å². The highest BCUT2D eigenvalue weighted by molar-refractivity contribution is 6.29. The predicted octanol–water partition coefficient (Wildman–Crippen LogP) is 3.01. The summed E-state index contributed by atoms with van der Waals surface area (Å²) in [7, 11) is 0. The molecule has 0 atom stereocenters. The number of nitrogens with one attached hydrogen (secondary N) is 2. The van der Waals surface area contributed by atoms with Crippen LogP contribution in [0, 0.1) is 0 Å². The fourth-order valence-corrected chi connectivity index (χ4v) is 4.11. The van der Waals surface area contributed by atoms with E-state index in [0.717, 1.165) is 36.7 Å². The molecule has 0 unspecified atom stereocenters. The van der Waals surface area contributed by atoms with Crippen LogP contribution in [0.3, 0.4) is 0 Å². The Bertz CT molecular complexity index is 1120. The lowest BCUT2D eigenvalue weighted by molar-refractivity contribution is -0.131. The molecular weight excluding hydrogens is 454 g/mol. The number of hydrogen-bond acceptors (Lipinski definition) is 5. The number of halogens is 1. The highest BCUT2D eigenvalue weighted by Gasteiger charge is 2.23. The molecule has 9 heteroatoms. The van der Waals surface area contributed by atoms with Gasteiger partial charge in [0, 0.05) is 60.6 Å². The van der Waals surface area contributed by atoms with Gasteiger partial charge in [-0.15, -0.1) is 0 Å². The molecule has 0 spiro atoms. The fraction of sp³-hybridized carbons (Fsp3) is 0.280. The zero-order valence-corrected chi connectivity index (χ0v) is 19.4. The number of carbonyl (C=O) groups excluding carboxylic acids is 3. The van der Waals surface area contributed by atoms with Crippen LogP contribution in [0.2, 0.25) is 0 Å². The second-order valence-corrected chi connectivity index (χ2v) is 8.57. The molecule has 1 aliphatic heterocycles. The van der Waals surface area contributed by atoms with Crippen molar-refractivity contribution in [3.05, 3.63) is 82.8 Å². The molecule has 176 valence electrons. The minimum Gasteiger partial charge on any atom is -0.368 e. The Morgan fingerprint density at radius 2 is 1.79 bits per heavy atom. The summed E-state index contributed by atoms with van der Waals surface area (Å²) in [6.07, 6.45) is 9.04. The van der Waals surface area contributed by atoms with Gasteiger partial charge in [-0.25, -0.2) is 0 Å². The quantitative estimate of drug-likeness (QED) is 0.664. The third-order valence-electron chi connectivity index (χ3n) is 5.75. The lowest BCUT2D eigenvalue weighted by Crippen LogP contribution is -2.50. The number of allylic oxidation sites excluding steroid dienone is 3. The zero-order chi connectivity index (χ0) is 23.9. The molecule has 1 aromatic carbocycles. The summed E-state index contributed by atoms with van der Waals surface area (Å²) >= 11 is 6.16. The van der Waals surface area contributed by atoms with Crippen LogP contribution < -0.4 is 10.6 Å². The van der Waals surface area contributed by atoms with E-state index in [1.165, 1.54) is 6.20 Å². The van der Waals surface area contributed by atoms with Crippen LogP contribution >= 0.6 is 11.6 Å². The first-order chi connectivity index (χ1) is 16.5. The monoisotopic (exact) mass is 479 g/mol. The van der Waals surface area contributed by atoms with Crippen LogP contribution in [0.5, 0.6) is 0 Å². The van der Waals surface area contributed by atoms with Gasteiger partial charge in [-0.05, 0) is 49.2 Å². The first kappa shape index (κ1) is 23.5. The summed E-state index contributed by atoms with van der Waals surface area (Å²) in [6, 6.07) is 9.91. The van der Waals surface area contributed by atoms with Gasteiger partial charge in [0.2, 0.25) is 5.91 Å². The maximum absolute atomic E-state index is 12.6. The summed E-state index contributed by atoms with van der Waals surface area (Å²) in [6.45, 7) is 2.55. The van der Waals surface area contributed by atoms with E-state index in [2.05, 4.69) is 26.6 Å². The number of aromatic nitrogens is 1. The van der Waals surface area contributed by atoms with Gasteiger partial charge in [0.15, 0.2) is 0 Å². The van der Waals surface area contributed by atoms with Crippen molar-refractivity contribution in [1.29, 1.82) is 0 Å². The van der Waals surface area contributed by atoms with Gasteiger partial charge in [-0.3, -0.25) is 19.4 Å². The van der Waals surface area contributed by atoms with Crippen molar-refractivity contribution in [2.24, 2.45) is 0 Å². The maximum atomic E-state index is 12.6. The summed E-state index contributed by atoms with van der Waals surface area (Å²) in [5, 5.41) is 6.29. The summed E-state index contributed by atoms with van der Waals surface area (Å²) in [4.78, 5) is 45.4. The van der Waals surface area contributed by atoms with Gasteiger partial charge in [0.1, 0.15) is 0 Å². The summed E-state index contributed by atoms with van der Waals surface area (Å²) in [5.41, 5.74) is 2.37. The molecule has 4 rings (SSSR count). The molecule has 1 saturated heterocycles. The largest absolute Gasteiger partial charge is 0.368 e. The van der Waals surface area contributed by atoms with Crippen LogP contribution in [0.4, 0.5) is 5.69 Å². The third-order valence-corrected chi connectivity index (χ3v) is 6.04. The average Bonchev–Trinajstić information content (AvgIpc) is 2.88. The molecule has 2 heterocycles. The number of benzene rings is 1. The number of amides is 3.